The quantitative estimate of drug-likeness (QED) is 0.706. The Morgan fingerprint density at radius 1 is 1.35 bits per heavy atom. The molecular formula is C14H30N2O. The highest BCUT2D eigenvalue weighted by atomic mass is 16.5. The molecule has 3 unspecified atom stereocenters. The average Bonchev–Trinajstić information content (AvgIpc) is 2.71. The zero-order valence-corrected chi connectivity index (χ0v) is 12.0. The van der Waals surface area contributed by atoms with E-state index < -0.39 is 0 Å². The fourth-order valence-electron chi connectivity index (χ4n) is 2.56. The Morgan fingerprint density at radius 2 is 2.06 bits per heavy atom. The van der Waals surface area contributed by atoms with E-state index in [0.29, 0.717) is 18.2 Å². The summed E-state index contributed by atoms with van der Waals surface area (Å²) in [4.78, 5) is 2.49. The fraction of sp³-hybridized carbons (Fsp3) is 1.00. The van der Waals surface area contributed by atoms with E-state index in [2.05, 4.69) is 37.9 Å². The SMILES string of the molecule is CCN(CC)CCCC(C)NC1CCOC1C. The van der Waals surface area contributed by atoms with Gasteiger partial charge >= 0.3 is 0 Å². The molecule has 0 amide bonds. The van der Waals surface area contributed by atoms with Crippen molar-refractivity contribution in [3.8, 4) is 0 Å². The summed E-state index contributed by atoms with van der Waals surface area (Å²) in [5, 5.41) is 3.69. The van der Waals surface area contributed by atoms with Crippen LogP contribution in [0, 0.1) is 0 Å². The van der Waals surface area contributed by atoms with Gasteiger partial charge in [0.2, 0.25) is 0 Å². The number of nitrogens with zero attached hydrogens (tertiary/aromatic N) is 1. The highest BCUT2D eigenvalue weighted by molar-refractivity contribution is 4.81. The predicted molar refractivity (Wildman–Crippen MR) is 73.4 cm³/mol. The molecule has 3 nitrogen and oxygen atoms in total. The Hall–Kier alpha value is -0.120. The molecule has 0 radical (unpaired) electrons. The molecule has 0 spiro atoms. The molecule has 102 valence electrons. The molecule has 1 N–H and O–H groups in total. The number of nitrogens with one attached hydrogen (secondary N) is 1. The second-order valence-corrected chi connectivity index (χ2v) is 5.21. The van der Waals surface area contributed by atoms with E-state index >= 15 is 0 Å². The molecule has 1 rings (SSSR count). The molecule has 0 bridgehead atoms. The average molecular weight is 242 g/mol. The first-order valence-corrected chi connectivity index (χ1v) is 7.27. The highest BCUT2D eigenvalue weighted by Crippen LogP contribution is 2.14. The van der Waals surface area contributed by atoms with Gasteiger partial charge in [-0.15, -0.1) is 0 Å². The lowest BCUT2D eigenvalue weighted by molar-refractivity contribution is 0.111. The van der Waals surface area contributed by atoms with Crippen molar-refractivity contribution in [3.05, 3.63) is 0 Å². The molecule has 1 fully saturated rings. The van der Waals surface area contributed by atoms with Crippen LogP contribution < -0.4 is 5.32 Å². The summed E-state index contributed by atoms with van der Waals surface area (Å²) in [7, 11) is 0. The van der Waals surface area contributed by atoms with Crippen molar-refractivity contribution in [3.63, 3.8) is 0 Å². The van der Waals surface area contributed by atoms with E-state index in [1.165, 1.54) is 38.9 Å². The molecular weight excluding hydrogens is 212 g/mol. The zero-order valence-electron chi connectivity index (χ0n) is 12.0. The summed E-state index contributed by atoms with van der Waals surface area (Å²) >= 11 is 0. The fourth-order valence-corrected chi connectivity index (χ4v) is 2.56. The summed E-state index contributed by atoms with van der Waals surface area (Å²) in [6, 6.07) is 1.18. The lowest BCUT2D eigenvalue weighted by Crippen LogP contribution is -2.40. The second-order valence-electron chi connectivity index (χ2n) is 5.21. The molecule has 1 aliphatic rings. The van der Waals surface area contributed by atoms with Crippen LogP contribution in [0.4, 0.5) is 0 Å². The van der Waals surface area contributed by atoms with Gasteiger partial charge in [-0.05, 0) is 52.7 Å². The molecule has 1 heterocycles. The lowest BCUT2D eigenvalue weighted by Gasteiger charge is -2.23. The van der Waals surface area contributed by atoms with Gasteiger partial charge in [-0.3, -0.25) is 0 Å². The molecule has 0 aromatic heterocycles. The molecule has 1 saturated heterocycles. The third-order valence-corrected chi connectivity index (χ3v) is 3.88. The molecule has 3 atom stereocenters. The molecule has 17 heavy (non-hydrogen) atoms. The van der Waals surface area contributed by atoms with Crippen molar-refractivity contribution in [2.45, 2.75) is 65.1 Å². The van der Waals surface area contributed by atoms with Gasteiger partial charge in [0.15, 0.2) is 0 Å². The molecule has 0 aliphatic carbocycles. The van der Waals surface area contributed by atoms with Crippen LogP contribution in [0.25, 0.3) is 0 Å². The van der Waals surface area contributed by atoms with Gasteiger partial charge in [-0.25, -0.2) is 0 Å². The largest absolute Gasteiger partial charge is 0.377 e. The minimum Gasteiger partial charge on any atom is -0.377 e. The van der Waals surface area contributed by atoms with E-state index in [1.807, 2.05) is 0 Å². The minimum absolute atomic E-state index is 0.389. The van der Waals surface area contributed by atoms with Crippen molar-refractivity contribution in [2.75, 3.05) is 26.2 Å². The number of ether oxygens (including phenoxy) is 1. The van der Waals surface area contributed by atoms with Crippen molar-refractivity contribution >= 4 is 0 Å². The summed E-state index contributed by atoms with van der Waals surface area (Å²) < 4.78 is 5.57. The third-order valence-electron chi connectivity index (χ3n) is 3.88. The van der Waals surface area contributed by atoms with Crippen LogP contribution in [-0.2, 0) is 4.74 Å². The first-order chi connectivity index (χ1) is 8.17. The summed E-state index contributed by atoms with van der Waals surface area (Å²) in [5.74, 6) is 0. The smallest absolute Gasteiger partial charge is 0.0700 e. The molecule has 1 aliphatic heterocycles. The van der Waals surface area contributed by atoms with Crippen LogP contribution in [0.3, 0.4) is 0 Å². The Kier molecular flexibility index (Phi) is 7.09. The number of hydrogen-bond acceptors (Lipinski definition) is 3. The maximum atomic E-state index is 5.57. The molecule has 3 heteroatoms. The lowest BCUT2D eigenvalue weighted by atomic mass is 10.1. The van der Waals surface area contributed by atoms with Crippen LogP contribution in [0.15, 0.2) is 0 Å². The predicted octanol–water partition coefficient (Wildman–Crippen LogP) is 2.26. The van der Waals surface area contributed by atoms with E-state index in [9.17, 15) is 0 Å². The van der Waals surface area contributed by atoms with Crippen LogP contribution in [0.1, 0.15) is 47.0 Å². The van der Waals surface area contributed by atoms with Crippen molar-refractivity contribution in [1.29, 1.82) is 0 Å². The Balaban J connectivity index is 2.10. The summed E-state index contributed by atoms with van der Waals surface area (Å²) in [5.41, 5.74) is 0. The van der Waals surface area contributed by atoms with Crippen molar-refractivity contribution < 1.29 is 4.74 Å². The van der Waals surface area contributed by atoms with Gasteiger partial charge in [0, 0.05) is 18.7 Å². The maximum Gasteiger partial charge on any atom is 0.0700 e. The van der Waals surface area contributed by atoms with Crippen LogP contribution in [0.5, 0.6) is 0 Å². The van der Waals surface area contributed by atoms with Gasteiger partial charge in [-0.2, -0.15) is 0 Å². The van der Waals surface area contributed by atoms with Gasteiger partial charge in [0.25, 0.3) is 0 Å². The Morgan fingerprint density at radius 3 is 2.59 bits per heavy atom. The first kappa shape index (κ1) is 14.9. The van der Waals surface area contributed by atoms with E-state index in [-0.39, 0.29) is 0 Å². The maximum absolute atomic E-state index is 5.57. The van der Waals surface area contributed by atoms with Gasteiger partial charge in [-0.1, -0.05) is 13.8 Å². The molecule has 0 aromatic rings. The second kappa shape index (κ2) is 8.06. The third kappa shape index (κ3) is 5.36. The summed E-state index contributed by atoms with van der Waals surface area (Å²) in [6.45, 7) is 13.4. The van der Waals surface area contributed by atoms with E-state index in [4.69, 9.17) is 4.74 Å². The highest BCUT2D eigenvalue weighted by Gasteiger charge is 2.24. The first-order valence-electron chi connectivity index (χ1n) is 7.27. The van der Waals surface area contributed by atoms with Gasteiger partial charge in [0.1, 0.15) is 0 Å². The Labute approximate surface area is 107 Å². The molecule has 0 aromatic carbocycles. The monoisotopic (exact) mass is 242 g/mol. The number of hydrogen-bond donors (Lipinski definition) is 1. The van der Waals surface area contributed by atoms with E-state index in [1.54, 1.807) is 0 Å². The van der Waals surface area contributed by atoms with Gasteiger partial charge < -0.3 is 15.0 Å². The topological polar surface area (TPSA) is 24.5 Å². The van der Waals surface area contributed by atoms with Crippen molar-refractivity contribution in [1.82, 2.24) is 10.2 Å². The van der Waals surface area contributed by atoms with Gasteiger partial charge in [0.05, 0.1) is 6.10 Å². The minimum atomic E-state index is 0.389. The summed E-state index contributed by atoms with van der Waals surface area (Å²) in [6.07, 6.45) is 4.11. The number of rotatable bonds is 8. The normalized spacial score (nSPS) is 26.6. The Bertz CT molecular complexity index is 195. The standard InChI is InChI=1S/C14H30N2O/c1-5-16(6-2)10-7-8-12(3)15-14-9-11-17-13(14)4/h12-15H,5-11H2,1-4H3. The van der Waals surface area contributed by atoms with Crippen molar-refractivity contribution in [2.24, 2.45) is 0 Å². The van der Waals surface area contributed by atoms with E-state index in [0.717, 1.165) is 6.61 Å². The van der Waals surface area contributed by atoms with Crippen LogP contribution in [0.2, 0.25) is 0 Å². The zero-order chi connectivity index (χ0) is 12.7. The van der Waals surface area contributed by atoms with Crippen LogP contribution >= 0.6 is 0 Å². The van der Waals surface area contributed by atoms with Crippen LogP contribution in [-0.4, -0.2) is 49.3 Å². The molecule has 0 saturated carbocycles.